The third-order valence-corrected chi connectivity index (χ3v) is 5.37. The van der Waals surface area contributed by atoms with E-state index in [1.54, 1.807) is 6.07 Å². The Morgan fingerprint density at radius 1 is 0.962 bits per heavy atom. The molecule has 0 amide bonds. The Labute approximate surface area is 156 Å². The molecule has 1 aliphatic heterocycles. The highest BCUT2D eigenvalue weighted by atomic mass is 32.2. The summed E-state index contributed by atoms with van der Waals surface area (Å²) in [5.41, 5.74) is 1.01. The SMILES string of the molecule is CNCCNCCCN1c2ccccc2Sc2ccc(C(F)(F)F)cc21. The molecule has 0 unspecified atom stereocenters. The number of halogens is 3. The van der Waals surface area contributed by atoms with Crippen molar-refractivity contribution in [3.05, 3.63) is 48.0 Å². The summed E-state index contributed by atoms with van der Waals surface area (Å²) in [4.78, 5) is 3.94. The van der Waals surface area contributed by atoms with E-state index in [0.29, 0.717) is 12.2 Å². The molecule has 0 aromatic heterocycles. The standard InChI is InChI=1S/C19H22F3N3S/c1-23-10-11-24-9-4-12-25-15-5-2-3-6-17(15)26-18-8-7-14(13-16(18)25)19(20,21)22/h2-3,5-8,13,23-24H,4,9-12H2,1H3. The van der Waals surface area contributed by atoms with E-state index in [9.17, 15) is 13.2 Å². The molecular weight excluding hydrogens is 359 g/mol. The van der Waals surface area contributed by atoms with Crippen LogP contribution in [0.4, 0.5) is 24.5 Å². The summed E-state index contributed by atoms with van der Waals surface area (Å²) in [6.07, 6.45) is -3.49. The van der Waals surface area contributed by atoms with Crippen molar-refractivity contribution in [3.63, 3.8) is 0 Å². The summed E-state index contributed by atoms with van der Waals surface area (Å²) >= 11 is 1.52. The number of anilines is 2. The third kappa shape index (κ3) is 4.34. The van der Waals surface area contributed by atoms with Crippen LogP contribution in [0.15, 0.2) is 52.3 Å². The number of nitrogens with zero attached hydrogens (tertiary/aromatic N) is 1. The topological polar surface area (TPSA) is 27.3 Å². The van der Waals surface area contributed by atoms with Crippen molar-refractivity contribution in [2.24, 2.45) is 0 Å². The quantitative estimate of drug-likeness (QED) is 0.690. The molecular formula is C19H22F3N3S. The molecule has 0 fully saturated rings. The smallest absolute Gasteiger partial charge is 0.340 e. The molecule has 0 spiro atoms. The van der Waals surface area contributed by atoms with Gasteiger partial charge in [0.1, 0.15) is 0 Å². The van der Waals surface area contributed by atoms with Crippen LogP contribution in [0.5, 0.6) is 0 Å². The minimum atomic E-state index is -4.34. The number of nitrogens with one attached hydrogen (secondary N) is 2. The van der Waals surface area contributed by atoms with Gasteiger partial charge in [-0.05, 0) is 50.3 Å². The fourth-order valence-corrected chi connectivity index (χ4v) is 4.02. The first kappa shape index (κ1) is 19.1. The average molecular weight is 381 g/mol. The van der Waals surface area contributed by atoms with Crippen molar-refractivity contribution >= 4 is 23.1 Å². The van der Waals surface area contributed by atoms with Crippen molar-refractivity contribution in [1.29, 1.82) is 0 Å². The van der Waals surface area contributed by atoms with E-state index in [2.05, 4.69) is 10.6 Å². The van der Waals surface area contributed by atoms with Gasteiger partial charge < -0.3 is 15.5 Å². The molecule has 2 N–H and O–H groups in total. The Hall–Kier alpha value is -1.70. The predicted octanol–water partition coefficient (Wildman–Crippen LogP) is 4.51. The molecule has 2 aromatic rings. The molecule has 140 valence electrons. The Morgan fingerprint density at radius 2 is 1.73 bits per heavy atom. The van der Waals surface area contributed by atoms with Gasteiger partial charge in [-0.3, -0.25) is 0 Å². The summed E-state index contributed by atoms with van der Waals surface area (Å²) in [5.74, 6) is 0. The average Bonchev–Trinajstić information content (AvgIpc) is 2.62. The van der Waals surface area contributed by atoms with E-state index in [1.165, 1.54) is 17.8 Å². The minimum absolute atomic E-state index is 0.603. The van der Waals surface area contributed by atoms with Crippen molar-refractivity contribution in [3.8, 4) is 0 Å². The summed E-state index contributed by atoms with van der Waals surface area (Å²) < 4.78 is 39.5. The zero-order valence-electron chi connectivity index (χ0n) is 14.6. The van der Waals surface area contributed by atoms with Gasteiger partial charge in [-0.25, -0.2) is 0 Å². The molecule has 0 saturated carbocycles. The van der Waals surface area contributed by atoms with Gasteiger partial charge in [-0.1, -0.05) is 23.9 Å². The number of hydrogen-bond acceptors (Lipinski definition) is 4. The number of alkyl halides is 3. The lowest BCUT2D eigenvalue weighted by atomic mass is 10.1. The van der Waals surface area contributed by atoms with Crippen molar-refractivity contribution < 1.29 is 13.2 Å². The Morgan fingerprint density at radius 3 is 2.50 bits per heavy atom. The van der Waals surface area contributed by atoms with Gasteiger partial charge in [0.05, 0.1) is 16.9 Å². The maximum absolute atomic E-state index is 13.2. The van der Waals surface area contributed by atoms with Crippen LogP contribution in [0.25, 0.3) is 0 Å². The van der Waals surface area contributed by atoms with Gasteiger partial charge in [-0.15, -0.1) is 0 Å². The maximum atomic E-state index is 13.2. The first-order chi connectivity index (χ1) is 12.5. The van der Waals surface area contributed by atoms with Crippen LogP contribution in [0.2, 0.25) is 0 Å². The fraction of sp³-hybridized carbons (Fsp3) is 0.368. The van der Waals surface area contributed by atoms with Gasteiger partial charge in [0.2, 0.25) is 0 Å². The van der Waals surface area contributed by atoms with E-state index in [-0.39, 0.29) is 0 Å². The van der Waals surface area contributed by atoms with E-state index < -0.39 is 11.7 Å². The molecule has 0 atom stereocenters. The van der Waals surface area contributed by atoms with Crippen LogP contribution < -0.4 is 15.5 Å². The summed E-state index contributed by atoms with van der Waals surface area (Å²) in [7, 11) is 1.90. The summed E-state index contributed by atoms with van der Waals surface area (Å²) in [6, 6.07) is 11.9. The lowest BCUT2D eigenvalue weighted by Crippen LogP contribution is -2.29. The molecule has 3 rings (SSSR count). The van der Waals surface area contributed by atoms with Crippen molar-refractivity contribution in [2.75, 3.05) is 38.1 Å². The first-order valence-electron chi connectivity index (χ1n) is 8.61. The number of benzene rings is 2. The van der Waals surface area contributed by atoms with Crippen molar-refractivity contribution in [2.45, 2.75) is 22.4 Å². The zero-order chi connectivity index (χ0) is 18.6. The molecule has 0 saturated heterocycles. The molecule has 1 heterocycles. The Kier molecular flexibility index (Phi) is 6.11. The van der Waals surface area contributed by atoms with Gasteiger partial charge in [-0.2, -0.15) is 13.2 Å². The monoisotopic (exact) mass is 381 g/mol. The first-order valence-corrected chi connectivity index (χ1v) is 9.43. The summed E-state index contributed by atoms with van der Waals surface area (Å²) in [6.45, 7) is 3.25. The fourth-order valence-electron chi connectivity index (χ4n) is 2.95. The number of likely N-dealkylation sites (N-methyl/N-ethyl adjacent to an activating group) is 1. The predicted molar refractivity (Wildman–Crippen MR) is 100 cm³/mol. The van der Waals surface area contributed by atoms with Crippen LogP contribution in [0, 0.1) is 0 Å². The van der Waals surface area contributed by atoms with E-state index >= 15 is 0 Å². The Balaban J connectivity index is 1.82. The molecule has 3 nitrogen and oxygen atoms in total. The highest BCUT2D eigenvalue weighted by molar-refractivity contribution is 7.99. The second kappa shape index (κ2) is 8.33. The Bertz CT molecular complexity index is 749. The number of rotatable bonds is 7. The van der Waals surface area contributed by atoms with Gasteiger partial charge >= 0.3 is 6.18 Å². The van der Waals surface area contributed by atoms with Crippen LogP contribution in [-0.4, -0.2) is 33.2 Å². The lowest BCUT2D eigenvalue weighted by molar-refractivity contribution is -0.137. The molecule has 26 heavy (non-hydrogen) atoms. The maximum Gasteiger partial charge on any atom is 0.416 e. The van der Waals surface area contributed by atoms with Crippen molar-refractivity contribution in [1.82, 2.24) is 10.6 Å². The second-order valence-electron chi connectivity index (χ2n) is 6.11. The van der Waals surface area contributed by atoms with Gasteiger partial charge in [0.15, 0.2) is 0 Å². The third-order valence-electron chi connectivity index (χ3n) is 4.24. The molecule has 0 aliphatic carbocycles. The largest absolute Gasteiger partial charge is 0.416 e. The van der Waals surface area contributed by atoms with E-state index in [4.69, 9.17) is 0 Å². The van der Waals surface area contributed by atoms with Gasteiger partial charge in [0.25, 0.3) is 0 Å². The van der Waals surface area contributed by atoms with Crippen LogP contribution in [0.1, 0.15) is 12.0 Å². The molecule has 1 aliphatic rings. The van der Waals surface area contributed by atoms with Crippen LogP contribution >= 0.6 is 11.8 Å². The highest BCUT2D eigenvalue weighted by Gasteiger charge is 2.33. The highest BCUT2D eigenvalue weighted by Crippen LogP contribution is 2.49. The summed E-state index contributed by atoms with van der Waals surface area (Å²) in [5, 5.41) is 6.41. The minimum Gasteiger partial charge on any atom is -0.340 e. The molecule has 7 heteroatoms. The second-order valence-corrected chi connectivity index (χ2v) is 7.19. The van der Waals surface area contributed by atoms with E-state index in [1.807, 2.05) is 36.2 Å². The lowest BCUT2D eigenvalue weighted by Gasteiger charge is -2.33. The molecule has 0 bridgehead atoms. The van der Waals surface area contributed by atoms with Crippen LogP contribution in [-0.2, 0) is 6.18 Å². The number of fused-ring (bicyclic) bond motifs is 2. The number of para-hydroxylation sites is 1. The molecule has 0 radical (unpaired) electrons. The van der Waals surface area contributed by atoms with Crippen LogP contribution in [0.3, 0.4) is 0 Å². The van der Waals surface area contributed by atoms with E-state index in [0.717, 1.165) is 47.6 Å². The van der Waals surface area contributed by atoms with Gasteiger partial charge in [0, 0.05) is 29.4 Å². The number of hydrogen-bond donors (Lipinski definition) is 2. The molecule has 2 aromatic carbocycles. The normalized spacial score (nSPS) is 13.5. The zero-order valence-corrected chi connectivity index (χ0v) is 15.4.